The van der Waals surface area contributed by atoms with Crippen LogP contribution in [0, 0.1) is 0 Å². The number of halogens is 2. The summed E-state index contributed by atoms with van der Waals surface area (Å²) in [6, 6.07) is 11.7. The van der Waals surface area contributed by atoms with E-state index in [1.54, 1.807) is 24.3 Å². The molecule has 12 heteroatoms. The highest BCUT2D eigenvalue weighted by Gasteiger charge is 2.29. The Balaban J connectivity index is 1.84. The van der Waals surface area contributed by atoms with Crippen LogP contribution in [0.4, 0.5) is 14.5 Å². The average molecular weight is 484 g/mol. The molecule has 3 rings (SSSR count). The SMILES string of the molecule is COCCn1c(SCC(=O)Nc2ccccc2S(=O)(=O)C(F)F)nc2ccccc2c1=O. The molecule has 0 aliphatic carbocycles. The van der Waals surface area contributed by atoms with Gasteiger partial charge in [0.05, 0.1) is 40.4 Å². The zero-order chi connectivity index (χ0) is 23.3. The number of sulfone groups is 1. The molecule has 0 spiro atoms. The number of fused-ring (bicyclic) bond motifs is 1. The summed E-state index contributed by atoms with van der Waals surface area (Å²) in [5.41, 5.74) is -0.0759. The van der Waals surface area contributed by atoms with Gasteiger partial charge in [0.25, 0.3) is 5.56 Å². The van der Waals surface area contributed by atoms with Crippen molar-refractivity contribution in [3.8, 4) is 0 Å². The van der Waals surface area contributed by atoms with Crippen LogP contribution >= 0.6 is 11.8 Å². The second kappa shape index (κ2) is 10.2. The van der Waals surface area contributed by atoms with Crippen LogP contribution in [0.25, 0.3) is 10.9 Å². The van der Waals surface area contributed by atoms with Gasteiger partial charge in [-0.1, -0.05) is 36.0 Å². The number of carbonyl (C=O) groups is 1. The van der Waals surface area contributed by atoms with E-state index in [2.05, 4.69) is 10.3 Å². The molecule has 0 atom stereocenters. The molecule has 0 saturated carbocycles. The first-order valence-electron chi connectivity index (χ1n) is 9.28. The quantitative estimate of drug-likeness (QED) is 0.368. The normalized spacial score (nSPS) is 11.8. The molecule has 0 saturated heterocycles. The first-order valence-corrected chi connectivity index (χ1v) is 11.8. The van der Waals surface area contributed by atoms with Crippen LogP contribution in [0.1, 0.15) is 0 Å². The number of alkyl halides is 2. The number of benzene rings is 2. The number of methoxy groups -OCH3 is 1. The highest BCUT2D eigenvalue weighted by molar-refractivity contribution is 7.99. The van der Waals surface area contributed by atoms with Crippen molar-refractivity contribution in [3.63, 3.8) is 0 Å². The van der Waals surface area contributed by atoms with Gasteiger partial charge in [-0.2, -0.15) is 8.78 Å². The number of thioether (sulfide) groups is 1. The lowest BCUT2D eigenvalue weighted by Crippen LogP contribution is -2.26. The Morgan fingerprint density at radius 3 is 2.59 bits per heavy atom. The number of carbonyl (C=O) groups excluding carboxylic acids is 1. The second-order valence-electron chi connectivity index (χ2n) is 6.50. The fourth-order valence-corrected chi connectivity index (χ4v) is 4.58. The van der Waals surface area contributed by atoms with Crippen LogP contribution in [-0.4, -0.2) is 49.1 Å². The number of nitrogens with zero attached hydrogens (tertiary/aromatic N) is 2. The van der Waals surface area contributed by atoms with E-state index in [0.717, 1.165) is 17.8 Å². The monoisotopic (exact) mass is 483 g/mol. The number of amides is 1. The molecule has 1 heterocycles. The molecule has 0 fully saturated rings. The van der Waals surface area contributed by atoms with Crippen LogP contribution in [-0.2, 0) is 25.9 Å². The number of nitrogens with one attached hydrogen (secondary N) is 1. The number of aromatic nitrogens is 2. The molecule has 1 amide bonds. The van der Waals surface area contributed by atoms with Gasteiger partial charge in [0, 0.05) is 7.11 Å². The molecule has 0 aliphatic heterocycles. The number of anilines is 1. The maximum Gasteiger partial charge on any atom is 0.341 e. The van der Waals surface area contributed by atoms with Gasteiger partial charge in [-0.25, -0.2) is 13.4 Å². The third kappa shape index (κ3) is 5.14. The summed E-state index contributed by atoms with van der Waals surface area (Å²) >= 11 is 0.960. The van der Waals surface area contributed by atoms with Gasteiger partial charge in [0.15, 0.2) is 5.16 Å². The van der Waals surface area contributed by atoms with E-state index in [9.17, 15) is 26.8 Å². The van der Waals surface area contributed by atoms with Gasteiger partial charge in [0.2, 0.25) is 15.7 Å². The average Bonchev–Trinajstić information content (AvgIpc) is 2.77. The van der Waals surface area contributed by atoms with Gasteiger partial charge >= 0.3 is 5.76 Å². The topological polar surface area (TPSA) is 107 Å². The van der Waals surface area contributed by atoms with E-state index in [-0.39, 0.29) is 35.3 Å². The Morgan fingerprint density at radius 2 is 1.88 bits per heavy atom. The molecule has 170 valence electrons. The van der Waals surface area contributed by atoms with Crippen molar-refractivity contribution in [1.29, 1.82) is 0 Å². The lowest BCUT2D eigenvalue weighted by Gasteiger charge is -2.13. The summed E-state index contributed by atoms with van der Waals surface area (Å²) in [4.78, 5) is 29.1. The van der Waals surface area contributed by atoms with Gasteiger partial charge in [-0.15, -0.1) is 0 Å². The predicted molar refractivity (Wildman–Crippen MR) is 117 cm³/mol. The lowest BCUT2D eigenvalue weighted by atomic mass is 10.2. The standard InChI is InChI=1S/C20H19F2N3O5S2/c1-30-11-10-25-18(27)13-6-2-3-7-14(13)24-20(25)31-12-17(26)23-15-8-4-5-9-16(15)32(28,29)19(21)22/h2-9,19H,10-12H2,1H3,(H,23,26). The molecule has 0 unspecified atom stereocenters. The second-order valence-corrected chi connectivity index (χ2v) is 9.33. The summed E-state index contributed by atoms with van der Waals surface area (Å²) in [5, 5.41) is 3.04. The Morgan fingerprint density at radius 1 is 1.19 bits per heavy atom. The van der Waals surface area contributed by atoms with Crippen LogP contribution < -0.4 is 10.9 Å². The maximum absolute atomic E-state index is 12.9. The van der Waals surface area contributed by atoms with Crippen LogP contribution in [0.5, 0.6) is 0 Å². The van der Waals surface area contributed by atoms with Crippen molar-refractivity contribution in [2.45, 2.75) is 22.4 Å². The largest absolute Gasteiger partial charge is 0.383 e. The van der Waals surface area contributed by atoms with E-state index < -0.39 is 26.4 Å². The zero-order valence-electron chi connectivity index (χ0n) is 16.8. The Labute approximate surface area is 186 Å². The molecule has 2 aromatic carbocycles. The highest BCUT2D eigenvalue weighted by atomic mass is 32.2. The number of rotatable bonds is 9. The minimum atomic E-state index is -4.89. The predicted octanol–water partition coefficient (Wildman–Crippen LogP) is 2.77. The molecule has 0 aliphatic rings. The number of hydrogen-bond donors (Lipinski definition) is 1. The maximum atomic E-state index is 12.9. The summed E-state index contributed by atoms with van der Waals surface area (Å²) in [7, 11) is -3.40. The Kier molecular flexibility index (Phi) is 7.59. The molecule has 8 nitrogen and oxygen atoms in total. The molecule has 0 radical (unpaired) electrons. The summed E-state index contributed by atoms with van der Waals surface area (Å²) < 4.78 is 56.0. The van der Waals surface area contributed by atoms with Gasteiger partial charge in [0.1, 0.15) is 0 Å². The Hall–Kier alpha value is -2.83. The molecular formula is C20H19F2N3O5S2. The number of para-hydroxylation sites is 2. The van der Waals surface area contributed by atoms with Crippen molar-refractivity contribution in [2.24, 2.45) is 0 Å². The third-order valence-corrected chi connectivity index (χ3v) is 6.79. The van der Waals surface area contributed by atoms with E-state index in [1.165, 1.54) is 29.9 Å². The zero-order valence-corrected chi connectivity index (χ0v) is 18.5. The van der Waals surface area contributed by atoms with Gasteiger partial charge < -0.3 is 10.1 Å². The van der Waals surface area contributed by atoms with Crippen LogP contribution in [0.3, 0.4) is 0 Å². The van der Waals surface area contributed by atoms with Crippen LogP contribution in [0.2, 0.25) is 0 Å². The molecule has 3 aromatic rings. The van der Waals surface area contributed by atoms with Gasteiger partial charge in [-0.3, -0.25) is 14.2 Å². The van der Waals surface area contributed by atoms with Crippen molar-refractivity contribution < 1.29 is 26.7 Å². The van der Waals surface area contributed by atoms with E-state index in [1.807, 2.05) is 0 Å². The van der Waals surface area contributed by atoms with E-state index in [0.29, 0.717) is 10.9 Å². The number of ether oxygens (including phenoxy) is 1. The first kappa shape index (κ1) is 23.8. The minimum absolute atomic E-state index is 0.215. The third-order valence-electron chi connectivity index (χ3n) is 4.38. The van der Waals surface area contributed by atoms with E-state index in [4.69, 9.17) is 4.74 Å². The summed E-state index contributed by atoms with van der Waals surface area (Å²) in [6.45, 7) is 0.463. The molecule has 32 heavy (non-hydrogen) atoms. The fourth-order valence-electron chi connectivity index (χ4n) is 2.87. The lowest BCUT2D eigenvalue weighted by molar-refractivity contribution is -0.113. The number of hydrogen-bond acceptors (Lipinski definition) is 7. The molecular weight excluding hydrogens is 464 g/mol. The van der Waals surface area contributed by atoms with E-state index >= 15 is 0 Å². The summed E-state index contributed by atoms with van der Waals surface area (Å²) in [6.07, 6.45) is 0. The van der Waals surface area contributed by atoms with Gasteiger partial charge in [-0.05, 0) is 24.3 Å². The van der Waals surface area contributed by atoms with Crippen molar-refractivity contribution >= 4 is 44.1 Å². The first-order chi connectivity index (χ1) is 15.3. The molecule has 1 aromatic heterocycles. The minimum Gasteiger partial charge on any atom is -0.383 e. The Bertz CT molecular complexity index is 1300. The smallest absolute Gasteiger partial charge is 0.341 e. The van der Waals surface area contributed by atoms with Crippen LogP contribution in [0.15, 0.2) is 63.4 Å². The van der Waals surface area contributed by atoms with Crippen molar-refractivity contribution in [3.05, 3.63) is 58.9 Å². The molecule has 1 N–H and O–H groups in total. The molecule has 0 bridgehead atoms. The highest BCUT2D eigenvalue weighted by Crippen LogP contribution is 2.26. The fraction of sp³-hybridized carbons (Fsp3) is 0.250. The van der Waals surface area contributed by atoms with Crippen molar-refractivity contribution in [2.75, 3.05) is 24.8 Å². The summed E-state index contributed by atoms with van der Waals surface area (Å²) in [5.74, 6) is -4.50. The van der Waals surface area contributed by atoms with Crippen molar-refractivity contribution in [1.82, 2.24) is 9.55 Å².